The number of allylic oxidation sites excluding steroid dienone is 3. The summed E-state index contributed by atoms with van der Waals surface area (Å²) < 4.78 is 0. The number of rotatable bonds is 8. The molecule has 1 atom stereocenters. The molecule has 1 heterocycles. The molecule has 0 amide bonds. The first-order chi connectivity index (χ1) is 8.38. The second kappa shape index (κ2) is 11.4. The maximum Gasteiger partial charge on any atom is 0.112 e. The lowest BCUT2D eigenvalue weighted by molar-refractivity contribution is -0.804. The van der Waals surface area contributed by atoms with Crippen LogP contribution >= 0.6 is 0 Å². The summed E-state index contributed by atoms with van der Waals surface area (Å²) in [5.41, 5.74) is 1.56. The van der Waals surface area contributed by atoms with Crippen LogP contribution in [0.3, 0.4) is 0 Å². The van der Waals surface area contributed by atoms with E-state index in [0.717, 1.165) is 0 Å². The summed E-state index contributed by atoms with van der Waals surface area (Å²) in [6, 6.07) is 0. The molecule has 1 unspecified atom stereocenters. The van der Waals surface area contributed by atoms with Crippen LogP contribution in [0.5, 0.6) is 0 Å². The first-order valence-corrected chi connectivity index (χ1v) is 6.84. The molecular formula is C15H26N2. The van der Waals surface area contributed by atoms with E-state index in [1.807, 2.05) is 0 Å². The van der Waals surface area contributed by atoms with Gasteiger partial charge in [0.2, 0.25) is 0 Å². The lowest BCUT2D eigenvalue weighted by Crippen LogP contribution is -3.04. The minimum Gasteiger partial charge on any atom is -0.512 e. The zero-order valence-corrected chi connectivity index (χ0v) is 11.3. The van der Waals surface area contributed by atoms with Crippen molar-refractivity contribution in [3.8, 4) is 0 Å². The predicted molar refractivity (Wildman–Crippen MR) is 71.7 cm³/mol. The molecule has 1 rings (SSSR count). The monoisotopic (exact) mass is 234 g/mol. The van der Waals surface area contributed by atoms with E-state index in [9.17, 15) is 0 Å². The Morgan fingerprint density at radius 3 is 2.35 bits per heavy atom. The molecule has 1 aliphatic heterocycles. The third-order valence-electron chi connectivity index (χ3n) is 3.19. The van der Waals surface area contributed by atoms with Crippen LogP contribution in [0.1, 0.15) is 58.8 Å². The van der Waals surface area contributed by atoms with Crippen molar-refractivity contribution in [2.75, 3.05) is 6.54 Å². The van der Waals surface area contributed by atoms with Crippen molar-refractivity contribution < 1.29 is 4.90 Å². The fourth-order valence-electron chi connectivity index (χ4n) is 2.18. The number of hydrogen-bond donors (Lipinski definition) is 1. The summed E-state index contributed by atoms with van der Waals surface area (Å²) in [5.74, 6) is 0. The van der Waals surface area contributed by atoms with Crippen LogP contribution < -0.4 is 4.90 Å². The Morgan fingerprint density at radius 1 is 1.06 bits per heavy atom. The Balaban J connectivity index is 0.00000121. The van der Waals surface area contributed by atoms with Gasteiger partial charge in [-0.25, -0.2) is 0 Å². The number of nitrogens with zero attached hydrogens (tertiary/aromatic N) is 1. The fourth-order valence-corrected chi connectivity index (χ4v) is 2.18. The molecule has 96 valence electrons. The SMILES string of the molecule is CCCCCCCC[NH+]1C=CC=C1CC.[C-]#N. The molecule has 0 saturated heterocycles. The van der Waals surface area contributed by atoms with Gasteiger partial charge in [0.25, 0.3) is 0 Å². The van der Waals surface area contributed by atoms with Crippen molar-refractivity contribution in [1.82, 2.24) is 0 Å². The minimum atomic E-state index is 1.19. The Labute approximate surface area is 107 Å². The van der Waals surface area contributed by atoms with Gasteiger partial charge in [0.05, 0.1) is 12.7 Å². The Morgan fingerprint density at radius 2 is 1.71 bits per heavy atom. The van der Waals surface area contributed by atoms with E-state index in [0.29, 0.717) is 0 Å². The first-order valence-electron chi connectivity index (χ1n) is 6.84. The van der Waals surface area contributed by atoms with Gasteiger partial charge < -0.3 is 11.8 Å². The highest BCUT2D eigenvalue weighted by Gasteiger charge is 2.13. The van der Waals surface area contributed by atoms with E-state index >= 15 is 0 Å². The van der Waals surface area contributed by atoms with Crippen molar-refractivity contribution in [1.29, 1.82) is 5.26 Å². The minimum absolute atomic E-state index is 1.19. The van der Waals surface area contributed by atoms with E-state index in [-0.39, 0.29) is 0 Å². The lowest BCUT2D eigenvalue weighted by Gasteiger charge is -2.12. The summed E-state index contributed by atoms with van der Waals surface area (Å²) in [4.78, 5) is 1.59. The van der Waals surface area contributed by atoms with E-state index in [1.165, 1.54) is 51.5 Å². The lowest BCUT2D eigenvalue weighted by atomic mass is 10.1. The summed E-state index contributed by atoms with van der Waals surface area (Å²) in [6.07, 6.45) is 16.4. The van der Waals surface area contributed by atoms with Crippen LogP contribution in [0.25, 0.3) is 0 Å². The van der Waals surface area contributed by atoms with Crippen molar-refractivity contribution in [2.45, 2.75) is 58.8 Å². The first kappa shape index (κ1) is 15.9. The topological polar surface area (TPSA) is 28.2 Å². The quantitative estimate of drug-likeness (QED) is 0.507. The van der Waals surface area contributed by atoms with Crippen LogP contribution in [0.4, 0.5) is 0 Å². The van der Waals surface area contributed by atoms with E-state index in [4.69, 9.17) is 11.8 Å². The summed E-state index contributed by atoms with van der Waals surface area (Å²) in [7, 11) is 0. The zero-order valence-electron chi connectivity index (χ0n) is 11.3. The van der Waals surface area contributed by atoms with Gasteiger partial charge in [-0.2, -0.15) is 0 Å². The third kappa shape index (κ3) is 6.97. The Bertz CT molecular complexity index is 251. The van der Waals surface area contributed by atoms with Gasteiger partial charge >= 0.3 is 0 Å². The smallest absolute Gasteiger partial charge is 0.112 e. The average molecular weight is 234 g/mol. The molecule has 1 N–H and O–H groups in total. The number of nitrogens with one attached hydrogen (secondary N) is 1. The molecule has 0 spiro atoms. The Kier molecular flexibility index (Phi) is 10.7. The maximum atomic E-state index is 6.25. The van der Waals surface area contributed by atoms with Crippen LogP contribution in [0.15, 0.2) is 24.0 Å². The van der Waals surface area contributed by atoms with E-state index in [2.05, 4.69) is 32.2 Å². The molecule has 2 nitrogen and oxygen atoms in total. The van der Waals surface area contributed by atoms with Crippen LogP contribution in [0, 0.1) is 11.8 Å². The van der Waals surface area contributed by atoms with Crippen LogP contribution in [0.2, 0.25) is 0 Å². The largest absolute Gasteiger partial charge is 0.512 e. The number of unbranched alkanes of at least 4 members (excludes halogenated alkanes) is 5. The van der Waals surface area contributed by atoms with Crippen molar-refractivity contribution in [2.24, 2.45) is 0 Å². The number of quaternary nitrogens is 1. The van der Waals surface area contributed by atoms with Gasteiger partial charge in [-0.3, -0.25) is 4.90 Å². The molecular weight excluding hydrogens is 208 g/mol. The van der Waals surface area contributed by atoms with Crippen LogP contribution in [-0.4, -0.2) is 6.54 Å². The summed E-state index contributed by atoms with van der Waals surface area (Å²) >= 11 is 0. The highest BCUT2D eigenvalue weighted by atomic mass is 15.1. The molecule has 0 fully saturated rings. The molecule has 1 aliphatic rings. The van der Waals surface area contributed by atoms with Crippen molar-refractivity contribution in [3.63, 3.8) is 0 Å². The van der Waals surface area contributed by atoms with E-state index < -0.39 is 0 Å². The molecule has 0 aromatic rings. The summed E-state index contributed by atoms with van der Waals surface area (Å²) in [5, 5.41) is 6.25. The second-order valence-corrected chi connectivity index (χ2v) is 4.45. The molecule has 0 bridgehead atoms. The zero-order chi connectivity index (χ0) is 12.9. The van der Waals surface area contributed by atoms with Crippen LogP contribution in [-0.2, 0) is 0 Å². The predicted octanol–water partition coefficient (Wildman–Crippen LogP) is 3.15. The molecule has 0 aromatic carbocycles. The van der Waals surface area contributed by atoms with Crippen molar-refractivity contribution >= 4 is 0 Å². The average Bonchev–Trinajstić information content (AvgIpc) is 2.83. The summed E-state index contributed by atoms with van der Waals surface area (Å²) in [6.45, 7) is 10.6. The molecule has 0 aromatic heterocycles. The van der Waals surface area contributed by atoms with Crippen molar-refractivity contribution in [3.05, 3.63) is 30.6 Å². The highest BCUT2D eigenvalue weighted by Crippen LogP contribution is 2.04. The standard InChI is InChI=1S/C14H25N.CN/c1-3-5-6-7-8-9-12-15-13-10-11-14(15)4-2;1-2/h10-11,13H,3-9,12H2,1-2H3;/q;-1/p+1. The van der Waals surface area contributed by atoms with Gasteiger partial charge in [0.15, 0.2) is 0 Å². The highest BCUT2D eigenvalue weighted by molar-refractivity contribution is 5.09. The fraction of sp³-hybridized carbons (Fsp3) is 0.667. The van der Waals surface area contributed by atoms with Gasteiger partial charge in [-0.15, -0.1) is 0 Å². The second-order valence-electron chi connectivity index (χ2n) is 4.45. The molecule has 2 heteroatoms. The molecule has 17 heavy (non-hydrogen) atoms. The molecule has 0 aliphatic carbocycles. The Hall–Kier alpha value is -1.07. The van der Waals surface area contributed by atoms with Gasteiger partial charge in [-0.05, 0) is 18.9 Å². The molecule has 0 saturated carbocycles. The van der Waals surface area contributed by atoms with Gasteiger partial charge in [0.1, 0.15) is 5.70 Å². The normalized spacial score (nSPS) is 17.4. The third-order valence-corrected chi connectivity index (χ3v) is 3.19. The maximum absolute atomic E-state index is 6.25. The van der Waals surface area contributed by atoms with E-state index in [1.54, 1.807) is 10.6 Å². The number of hydrogen-bond acceptors (Lipinski definition) is 1. The van der Waals surface area contributed by atoms with Gasteiger partial charge in [0, 0.05) is 12.5 Å². The van der Waals surface area contributed by atoms with Gasteiger partial charge in [-0.1, -0.05) is 39.5 Å². The molecule has 0 radical (unpaired) electrons.